The number of benzene rings is 2. The number of carbonyl (C=O) groups excluding carboxylic acids is 2. The van der Waals surface area contributed by atoms with Crippen LogP contribution in [0, 0.1) is 0 Å². The summed E-state index contributed by atoms with van der Waals surface area (Å²) >= 11 is 0. The van der Waals surface area contributed by atoms with Gasteiger partial charge in [0.05, 0.1) is 24.7 Å². The zero-order valence-electron chi connectivity index (χ0n) is 27.1. The molecule has 10 heteroatoms. The third kappa shape index (κ3) is 7.56. The van der Waals surface area contributed by atoms with E-state index in [0.717, 1.165) is 84.9 Å². The van der Waals surface area contributed by atoms with Gasteiger partial charge < -0.3 is 24.7 Å². The van der Waals surface area contributed by atoms with Gasteiger partial charge >= 0.3 is 5.97 Å². The average molecular weight is 615 g/mol. The van der Waals surface area contributed by atoms with Crippen molar-refractivity contribution in [2.45, 2.75) is 78.0 Å². The van der Waals surface area contributed by atoms with Crippen LogP contribution in [0.2, 0.25) is 0 Å². The molecule has 2 aromatic carbocycles. The van der Waals surface area contributed by atoms with Crippen LogP contribution in [0.15, 0.2) is 48.5 Å². The van der Waals surface area contributed by atoms with Crippen LogP contribution in [0.1, 0.15) is 64.3 Å². The molecule has 2 aromatic heterocycles. The second-order valence-electron chi connectivity index (χ2n) is 12.4. The Morgan fingerprint density at radius 2 is 1.82 bits per heavy atom. The number of fused-ring (bicyclic) bond motifs is 3. The van der Waals surface area contributed by atoms with Crippen LogP contribution in [-0.2, 0) is 33.8 Å². The lowest BCUT2D eigenvalue weighted by Gasteiger charge is -2.27. The Kier molecular flexibility index (Phi) is 10.2. The molecule has 4 aromatic rings. The molecule has 5 rings (SSSR count). The summed E-state index contributed by atoms with van der Waals surface area (Å²) in [5.41, 5.74) is 8.82. The van der Waals surface area contributed by atoms with Crippen LogP contribution in [0.5, 0.6) is 5.75 Å². The van der Waals surface area contributed by atoms with Crippen LogP contribution in [0.25, 0.3) is 21.9 Å². The lowest BCUT2D eigenvalue weighted by Crippen LogP contribution is -2.40. The summed E-state index contributed by atoms with van der Waals surface area (Å²) in [4.78, 5) is 39.7. The molecular weight excluding hydrogens is 568 g/mol. The zero-order valence-corrected chi connectivity index (χ0v) is 27.1. The monoisotopic (exact) mass is 614 g/mol. The van der Waals surface area contributed by atoms with Gasteiger partial charge in [0, 0.05) is 31.4 Å². The Bertz CT molecular complexity index is 1640. The fourth-order valence-corrected chi connectivity index (χ4v) is 6.12. The molecule has 3 heterocycles. The van der Waals surface area contributed by atoms with E-state index in [1.807, 2.05) is 47.4 Å². The van der Waals surface area contributed by atoms with Crippen molar-refractivity contribution in [2.24, 2.45) is 0 Å². The number of aryl methyl sites for hydroxylation is 2. The van der Waals surface area contributed by atoms with Crippen LogP contribution in [0.3, 0.4) is 0 Å². The van der Waals surface area contributed by atoms with Crippen molar-refractivity contribution >= 4 is 39.6 Å². The maximum atomic E-state index is 13.7. The van der Waals surface area contributed by atoms with Crippen molar-refractivity contribution in [3.05, 3.63) is 59.9 Å². The van der Waals surface area contributed by atoms with Crippen LogP contribution < -0.4 is 10.5 Å². The van der Waals surface area contributed by atoms with E-state index in [2.05, 4.69) is 27.4 Å². The number of nitrogens with zero attached hydrogens (tertiary/aromatic N) is 5. The van der Waals surface area contributed by atoms with Crippen LogP contribution >= 0.6 is 0 Å². The predicted molar refractivity (Wildman–Crippen MR) is 177 cm³/mol. The summed E-state index contributed by atoms with van der Waals surface area (Å²) in [6.07, 6.45) is 5.95. The van der Waals surface area contributed by atoms with E-state index in [0.29, 0.717) is 37.7 Å². The summed E-state index contributed by atoms with van der Waals surface area (Å²) in [6, 6.07) is 15.6. The van der Waals surface area contributed by atoms with Gasteiger partial charge in [-0.05, 0) is 76.4 Å². The molecule has 1 amide bonds. The van der Waals surface area contributed by atoms with Crippen LogP contribution in [-0.4, -0.2) is 75.1 Å². The molecule has 0 spiro atoms. The first-order chi connectivity index (χ1) is 21.7. The second-order valence-corrected chi connectivity index (χ2v) is 12.4. The highest BCUT2D eigenvalue weighted by Crippen LogP contribution is 2.30. The highest BCUT2D eigenvalue weighted by Gasteiger charge is 2.31. The van der Waals surface area contributed by atoms with Crippen molar-refractivity contribution in [1.29, 1.82) is 0 Å². The molecule has 10 nitrogen and oxygen atoms in total. The summed E-state index contributed by atoms with van der Waals surface area (Å²) in [6.45, 7) is 9.58. The quantitative estimate of drug-likeness (QED) is 0.189. The molecule has 0 unspecified atom stereocenters. The third-order valence-corrected chi connectivity index (χ3v) is 8.49. The van der Waals surface area contributed by atoms with Crippen molar-refractivity contribution in [3.63, 3.8) is 0 Å². The topological polar surface area (TPSA) is 116 Å². The molecule has 2 N–H and O–H groups in total. The summed E-state index contributed by atoms with van der Waals surface area (Å²) in [7, 11) is 1.35. The number of likely N-dealkylation sites (tertiary alicyclic amines) is 1. The number of imidazole rings is 1. The predicted octanol–water partition coefficient (Wildman–Crippen LogP) is 5.35. The summed E-state index contributed by atoms with van der Waals surface area (Å²) < 4.78 is 13.2. The summed E-state index contributed by atoms with van der Waals surface area (Å²) in [5, 5.41) is 1.03. The van der Waals surface area contributed by atoms with E-state index in [-0.39, 0.29) is 5.91 Å². The molecule has 0 radical (unpaired) electrons. The number of hydrogen-bond donors (Lipinski definition) is 1. The molecule has 1 aliphatic heterocycles. The van der Waals surface area contributed by atoms with Crippen LogP contribution in [0.4, 0.5) is 5.82 Å². The maximum absolute atomic E-state index is 13.7. The number of para-hydroxylation sites is 1. The molecule has 0 atom stereocenters. The smallest absolute Gasteiger partial charge is 0.349 e. The van der Waals surface area contributed by atoms with E-state index in [9.17, 15) is 9.59 Å². The minimum Gasteiger partial charge on any atom is -0.476 e. The molecule has 0 bridgehead atoms. The van der Waals surface area contributed by atoms with Gasteiger partial charge in [-0.25, -0.2) is 14.8 Å². The number of methoxy groups -OCH3 is 1. The molecule has 1 aliphatic rings. The van der Waals surface area contributed by atoms with Gasteiger partial charge in [0.25, 0.3) is 0 Å². The minimum absolute atomic E-state index is 0.110. The number of ether oxygens (including phenoxy) is 2. The van der Waals surface area contributed by atoms with E-state index < -0.39 is 11.6 Å². The van der Waals surface area contributed by atoms with Crippen molar-refractivity contribution in [3.8, 4) is 5.75 Å². The Morgan fingerprint density at radius 1 is 1.04 bits per heavy atom. The number of carbonyl (C=O) groups is 2. The first-order valence-electron chi connectivity index (χ1n) is 16.1. The fraction of sp³-hybridized carbons (Fsp3) is 0.486. The SMILES string of the molecule is CCCCc1nc2c(N)nc3ccccc3c2n1CCCN(Cc1cccc(OC(C)(C)C(=O)OC)c1)C(=O)CN1CCCC1. The lowest BCUT2D eigenvalue weighted by atomic mass is 10.1. The molecule has 45 heavy (non-hydrogen) atoms. The minimum atomic E-state index is -1.13. The zero-order chi connectivity index (χ0) is 32.0. The molecular formula is C35H46N6O4. The molecule has 1 fully saturated rings. The highest BCUT2D eigenvalue weighted by molar-refractivity contribution is 6.06. The lowest BCUT2D eigenvalue weighted by molar-refractivity contribution is -0.156. The molecule has 240 valence electrons. The largest absolute Gasteiger partial charge is 0.476 e. The number of aromatic nitrogens is 3. The Labute approximate surface area is 265 Å². The third-order valence-electron chi connectivity index (χ3n) is 8.49. The maximum Gasteiger partial charge on any atom is 0.349 e. The van der Waals surface area contributed by atoms with E-state index in [1.165, 1.54) is 7.11 Å². The molecule has 0 saturated carbocycles. The first kappa shape index (κ1) is 32.2. The van der Waals surface area contributed by atoms with Gasteiger partial charge in [0.15, 0.2) is 11.4 Å². The Hall–Kier alpha value is -4.18. The molecule has 0 aliphatic carbocycles. The van der Waals surface area contributed by atoms with Crippen molar-refractivity contribution < 1.29 is 19.1 Å². The molecule has 1 saturated heterocycles. The number of hydrogen-bond acceptors (Lipinski definition) is 8. The fourth-order valence-electron chi connectivity index (χ4n) is 6.12. The van der Waals surface area contributed by atoms with E-state index >= 15 is 0 Å². The number of anilines is 1. The second kappa shape index (κ2) is 14.3. The average Bonchev–Trinajstić information content (AvgIpc) is 3.67. The summed E-state index contributed by atoms with van der Waals surface area (Å²) in [5.74, 6) is 1.66. The number of nitrogens with two attached hydrogens (primary N) is 1. The van der Waals surface area contributed by atoms with Crippen molar-refractivity contribution in [1.82, 2.24) is 24.3 Å². The Balaban J connectivity index is 1.39. The van der Waals surface area contributed by atoms with Gasteiger partial charge in [0.2, 0.25) is 5.91 Å². The first-order valence-corrected chi connectivity index (χ1v) is 16.1. The number of unbranched alkanes of at least 4 members (excludes halogenated alkanes) is 1. The number of nitrogen functional groups attached to an aromatic ring is 1. The van der Waals surface area contributed by atoms with Gasteiger partial charge in [0.1, 0.15) is 17.1 Å². The van der Waals surface area contributed by atoms with Gasteiger partial charge in [-0.3, -0.25) is 9.69 Å². The number of pyridine rings is 1. The van der Waals surface area contributed by atoms with E-state index in [4.69, 9.17) is 20.2 Å². The van der Waals surface area contributed by atoms with E-state index in [1.54, 1.807) is 13.8 Å². The van der Waals surface area contributed by atoms with Crippen molar-refractivity contribution in [2.75, 3.05) is 39.0 Å². The van der Waals surface area contributed by atoms with Gasteiger partial charge in [-0.1, -0.05) is 43.7 Å². The van der Waals surface area contributed by atoms with Gasteiger partial charge in [-0.15, -0.1) is 0 Å². The Morgan fingerprint density at radius 3 is 2.58 bits per heavy atom. The normalized spacial score (nSPS) is 13.9. The standard InChI is InChI=1S/C35H46N6O4/c1-5-6-17-29-38-31-32(27-15-7-8-16-28(27)37-33(31)36)41(29)21-12-20-40(30(42)24-39-18-9-10-19-39)23-25-13-11-14-26(22-25)45-35(2,3)34(43)44-4/h7-8,11,13-16,22H,5-6,9-10,12,17-21,23-24H2,1-4H3,(H2,36,37). The number of rotatable bonds is 14. The number of esters is 1. The van der Waals surface area contributed by atoms with Gasteiger partial charge in [-0.2, -0.15) is 0 Å². The number of amides is 1. The highest BCUT2D eigenvalue weighted by atomic mass is 16.6.